The molecule has 0 spiro atoms. The first-order valence-corrected chi connectivity index (χ1v) is 9.43. The summed E-state index contributed by atoms with van der Waals surface area (Å²) in [6.45, 7) is 7.83. The molecule has 0 unspecified atom stereocenters. The number of nitrogens with one attached hydrogen (secondary N) is 2. The highest BCUT2D eigenvalue weighted by molar-refractivity contribution is 5.73. The molecule has 4 heterocycles. The first-order valence-electron chi connectivity index (χ1n) is 9.43. The molecule has 2 fully saturated rings. The lowest BCUT2D eigenvalue weighted by molar-refractivity contribution is 0.406. The summed E-state index contributed by atoms with van der Waals surface area (Å²) in [5.74, 6) is 3.03. The van der Waals surface area contributed by atoms with E-state index in [4.69, 9.17) is 10.1 Å². The lowest BCUT2D eigenvalue weighted by Gasteiger charge is -2.23. The van der Waals surface area contributed by atoms with Crippen LogP contribution in [0, 0.1) is 5.41 Å². The van der Waals surface area contributed by atoms with E-state index < -0.39 is 0 Å². The van der Waals surface area contributed by atoms with Crippen LogP contribution in [-0.2, 0) is 0 Å². The molecule has 136 valence electrons. The molecule has 1 aliphatic carbocycles. The Morgan fingerprint density at radius 1 is 1.31 bits per heavy atom. The second-order valence-electron chi connectivity index (χ2n) is 8.55. The predicted molar refractivity (Wildman–Crippen MR) is 102 cm³/mol. The lowest BCUT2D eigenvalue weighted by atomic mass is 9.91. The van der Waals surface area contributed by atoms with Crippen LogP contribution in [0.1, 0.15) is 51.6 Å². The fourth-order valence-corrected chi connectivity index (χ4v) is 4.12. The molecule has 1 aliphatic heterocycles. The quantitative estimate of drug-likeness (QED) is 0.750. The minimum absolute atomic E-state index is 0.281. The Labute approximate surface area is 152 Å². The summed E-state index contributed by atoms with van der Waals surface area (Å²) < 4.78 is 1.90. The van der Waals surface area contributed by atoms with E-state index in [1.807, 2.05) is 22.8 Å². The number of hydrogen-bond acceptors (Lipinski definition) is 5. The van der Waals surface area contributed by atoms with Gasteiger partial charge in [-0.15, -0.1) is 5.10 Å². The Bertz CT molecular complexity index is 950. The number of aromatic nitrogens is 5. The van der Waals surface area contributed by atoms with Crippen LogP contribution in [0.3, 0.4) is 0 Å². The highest BCUT2D eigenvalue weighted by Gasteiger charge is 2.36. The summed E-state index contributed by atoms with van der Waals surface area (Å²) in [5.41, 5.74) is 2.45. The number of H-pyrrole nitrogens is 1. The molecule has 2 N–H and O–H groups in total. The average Bonchev–Trinajstić information content (AvgIpc) is 3.01. The van der Waals surface area contributed by atoms with Gasteiger partial charge in [0.05, 0.1) is 0 Å². The van der Waals surface area contributed by atoms with Gasteiger partial charge in [-0.1, -0.05) is 13.8 Å². The van der Waals surface area contributed by atoms with E-state index >= 15 is 0 Å². The maximum Gasteiger partial charge on any atom is 0.245 e. The molecular formula is C19H25N7. The maximum atomic E-state index is 4.87. The number of fused-ring (bicyclic) bond motifs is 1. The topological polar surface area (TPSA) is 74.1 Å². The number of hydrogen-bond donors (Lipinski definition) is 2. The Hall–Kier alpha value is -2.57. The van der Waals surface area contributed by atoms with Crippen molar-refractivity contribution < 1.29 is 0 Å². The van der Waals surface area contributed by atoms with Crippen molar-refractivity contribution in [2.45, 2.75) is 52.0 Å². The second-order valence-corrected chi connectivity index (χ2v) is 8.55. The molecule has 2 aliphatic rings. The zero-order valence-corrected chi connectivity index (χ0v) is 15.5. The van der Waals surface area contributed by atoms with Gasteiger partial charge in [-0.2, -0.15) is 10.1 Å². The molecule has 0 bridgehead atoms. The van der Waals surface area contributed by atoms with E-state index in [1.165, 1.54) is 18.5 Å². The van der Waals surface area contributed by atoms with Gasteiger partial charge in [0.15, 0.2) is 11.6 Å². The van der Waals surface area contributed by atoms with Crippen LogP contribution in [0.15, 0.2) is 24.4 Å². The first kappa shape index (κ1) is 15.7. The van der Waals surface area contributed by atoms with Gasteiger partial charge in [-0.05, 0) is 43.7 Å². The standard InChI is InChI=1S/C19H25N7/c1-12-10-19(2,3)11-25(12)18-21-17(15-5-4-8-26(15)24-18)20-16-9-14(22-23-16)13-6-7-13/h4-5,8-9,12-13H,6-7,10-11H2,1-3H3,(H2,20,21,22,23,24)/t12-/m0/s1. The third kappa shape index (κ3) is 2.71. The molecule has 26 heavy (non-hydrogen) atoms. The van der Waals surface area contributed by atoms with Crippen LogP contribution in [0.2, 0.25) is 0 Å². The summed E-state index contributed by atoms with van der Waals surface area (Å²) in [5, 5.41) is 15.7. The van der Waals surface area contributed by atoms with Crippen LogP contribution in [0.25, 0.3) is 5.52 Å². The summed E-state index contributed by atoms with van der Waals surface area (Å²) in [6, 6.07) is 6.55. The molecule has 0 aromatic carbocycles. The molecule has 1 saturated heterocycles. The molecule has 0 amide bonds. The third-order valence-corrected chi connectivity index (χ3v) is 5.48. The molecule has 5 rings (SSSR count). The number of aromatic amines is 1. The zero-order chi connectivity index (χ0) is 17.9. The van der Waals surface area contributed by atoms with Gasteiger partial charge < -0.3 is 10.2 Å². The Kier molecular flexibility index (Phi) is 3.29. The SMILES string of the molecule is C[C@H]1CC(C)(C)CN1c1nc(Nc2cc(C3CC3)[nH]n2)c2cccn2n1. The fraction of sp³-hybridized carbons (Fsp3) is 0.526. The number of nitrogens with zero attached hydrogens (tertiary/aromatic N) is 5. The molecule has 0 radical (unpaired) electrons. The predicted octanol–water partition coefficient (Wildman–Crippen LogP) is 3.70. The van der Waals surface area contributed by atoms with E-state index in [0.29, 0.717) is 12.0 Å². The van der Waals surface area contributed by atoms with Crippen LogP contribution in [-0.4, -0.2) is 37.4 Å². The zero-order valence-electron chi connectivity index (χ0n) is 15.5. The molecule has 3 aromatic rings. The van der Waals surface area contributed by atoms with E-state index in [9.17, 15) is 0 Å². The van der Waals surface area contributed by atoms with Crippen LogP contribution in [0.5, 0.6) is 0 Å². The van der Waals surface area contributed by atoms with E-state index in [2.05, 4.69) is 47.3 Å². The van der Waals surface area contributed by atoms with Crippen molar-refractivity contribution in [1.82, 2.24) is 24.8 Å². The Morgan fingerprint density at radius 2 is 2.15 bits per heavy atom. The minimum Gasteiger partial charge on any atom is -0.336 e. The van der Waals surface area contributed by atoms with Crippen molar-refractivity contribution in [3.63, 3.8) is 0 Å². The van der Waals surface area contributed by atoms with Crippen LogP contribution < -0.4 is 10.2 Å². The van der Waals surface area contributed by atoms with Crippen LogP contribution >= 0.6 is 0 Å². The number of anilines is 3. The van der Waals surface area contributed by atoms with Gasteiger partial charge in [0.1, 0.15) is 5.52 Å². The monoisotopic (exact) mass is 351 g/mol. The van der Waals surface area contributed by atoms with Gasteiger partial charge in [-0.3, -0.25) is 5.10 Å². The van der Waals surface area contributed by atoms with Gasteiger partial charge in [0, 0.05) is 36.5 Å². The summed E-state index contributed by atoms with van der Waals surface area (Å²) >= 11 is 0. The van der Waals surface area contributed by atoms with Gasteiger partial charge in [-0.25, -0.2) is 4.52 Å². The largest absolute Gasteiger partial charge is 0.336 e. The van der Waals surface area contributed by atoms with Crippen molar-refractivity contribution in [1.29, 1.82) is 0 Å². The van der Waals surface area contributed by atoms with Crippen molar-refractivity contribution in [3.05, 3.63) is 30.1 Å². The normalized spacial score (nSPS) is 22.3. The van der Waals surface area contributed by atoms with Crippen LogP contribution in [0.4, 0.5) is 17.6 Å². The molecule has 7 nitrogen and oxygen atoms in total. The highest BCUT2D eigenvalue weighted by Crippen LogP contribution is 2.40. The minimum atomic E-state index is 0.281. The van der Waals surface area contributed by atoms with E-state index in [-0.39, 0.29) is 5.41 Å². The first-order chi connectivity index (χ1) is 12.5. The summed E-state index contributed by atoms with van der Waals surface area (Å²) in [7, 11) is 0. The molecular weight excluding hydrogens is 326 g/mol. The molecule has 1 saturated carbocycles. The van der Waals surface area contributed by atoms with Crippen molar-refractivity contribution in [2.24, 2.45) is 5.41 Å². The maximum absolute atomic E-state index is 4.87. The smallest absolute Gasteiger partial charge is 0.245 e. The summed E-state index contributed by atoms with van der Waals surface area (Å²) in [6.07, 6.45) is 5.63. The number of rotatable bonds is 4. The van der Waals surface area contributed by atoms with Crippen molar-refractivity contribution in [3.8, 4) is 0 Å². The fourth-order valence-electron chi connectivity index (χ4n) is 4.12. The second kappa shape index (κ2) is 5.46. The van der Waals surface area contributed by atoms with E-state index in [0.717, 1.165) is 36.1 Å². The molecule has 3 aromatic heterocycles. The molecule has 1 atom stereocenters. The lowest BCUT2D eigenvalue weighted by Crippen LogP contribution is -2.30. The van der Waals surface area contributed by atoms with E-state index in [1.54, 1.807) is 0 Å². The van der Waals surface area contributed by atoms with Crippen molar-refractivity contribution >= 4 is 23.1 Å². The highest BCUT2D eigenvalue weighted by atomic mass is 15.4. The Morgan fingerprint density at radius 3 is 2.88 bits per heavy atom. The molecule has 7 heteroatoms. The summed E-state index contributed by atoms with van der Waals surface area (Å²) in [4.78, 5) is 7.18. The van der Waals surface area contributed by atoms with Gasteiger partial charge in [0.2, 0.25) is 5.95 Å². The Balaban J connectivity index is 1.50. The van der Waals surface area contributed by atoms with Crippen molar-refractivity contribution in [2.75, 3.05) is 16.8 Å². The van der Waals surface area contributed by atoms with Gasteiger partial charge >= 0.3 is 0 Å². The van der Waals surface area contributed by atoms with Gasteiger partial charge in [0.25, 0.3) is 0 Å². The third-order valence-electron chi connectivity index (χ3n) is 5.48. The average molecular weight is 351 g/mol.